The van der Waals surface area contributed by atoms with E-state index in [4.69, 9.17) is 4.74 Å². The van der Waals surface area contributed by atoms with E-state index in [1.807, 2.05) is 13.8 Å². The summed E-state index contributed by atoms with van der Waals surface area (Å²) in [4.78, 5) is 14.0. The molecule has 3 nitrogen and oxygen atoms in total. The predicted molar refractivity (Wildman–Crippen MR) is 63.2 cm³/mol. The molecule has 0 aliphatic carbocycles. The van der Waals surface area contributed by atoms with Gasteiger partial charge in [0.25, 0.3) is 0 Å². The first kappa shape index (κ1) is 11.6. The van der Waals surface area contributed by atoms with E-state index >= 15 is 0 Å². The Morgan fingerprint density at radius 1 is 1.31 bits per heavy atom. The van der Waals surface area contributed by atoms with Gasteiger partial charge in [-0.1, -0.05) is 6.42 Å². The summed E-state index contributed by atoms with van der Waals surface area (Å²) in [6.45, 7) is 7.09. The Morgan fingerprint density at radius 3 is 2.56 bits per heavy atom. The first-order valence-corrected chi connectivity index (χ1v) is 6.24. The number of ketones is 1. The van der Waals surface area contributed by atoms with Gasteiger partial charge in [0.2, 0.25) is 5.78 Å². The molecular weight excluding hydrogens is 202 g/mol. The highest BCUT2D eigenvalue weighted by atomic mass is 16.5. The molecule has 0 spiro atoms. The van der Waals surface area contributed by atoms with Gasteiger partial charge in [0.1, 0.15) is 5.76 Å². The lowest BCUT2D eigenvalue weighted by Crippen LogP contribution is -2.31. The summed E-state index contributed by atoms with van der Waals surface area (Å²) in [5.41, 5.74) is -0.628. The quantitative estimate of drug-likeness (QED) is 0.734. The lowest BCUT2D eigenvalue weighted by atomic mass is 10.1. The van der Waals surface area contributed by atoms with Crippen molar-refractivity contribution in [3.05, 3.63) is 11.8 Å². The molecule has 0 amide bonds. The van der Waals surface area contributed by atoms with Crippen molar-refractivity contribution < 1.29 is 9.53 Å². The van der Waals surface area contributed by atoms with Crippen molar-refractivity contribution in [1.29, 1.82) is 0 Å². The summed E-state index contributed by atoms with van der Waals surface area (Å²) in [5.74, 6) is 0.960. The number of ether oxygens (including phenoxy) is 1. The van der Waals surface area contributed by atoms with Crippen molar-refractivity contribution in [3.63, 3.8) is 0 Å². The zero-order chi connectivity index (χ0) is 11.6. The average Bonchev–Trinajstić information content (AvgIpc) is 2.52. The number of hydrogen-bond acceptors (Lipinski definition) is 3. The molecule has 1 fully saturated rings. The highest BCUT2D eigenvalue weighted by molar-refractivity contribution is 5.98. The van der Waals surface area contributed by atoms with Gasteiger partial charge in [0.15, 0.2) is 5.60 Å². The number of likely N-dealkylation sites (tertiary alicyclic amines) is 1. The smallest absolute Gasteiger partial charge is 0.201 e. The van der Waals surface area contributed by atoms with E-state index in [0.29, 0.717) is 0 Å². The summed E-state index contributed by atoms with van der Waals surface area (Å²) < 4.78 is 5.64. The number of carbonyl (C=O) groups is 1. The molecule has 0 aromatic rings. The van der Waals surface area contributed by atoms with Gasteiger partial charge in [-0.05, 0) is 39.8 Å². The van der Waals surface area contributed by atoms with Crippen molar-refractivity contribution in [2.24, 2.45) is 0 Å². The van der Waals surface area contributed by atoms with Gasteiger partial charge < -0.3 is 9.64 Å². The Labute approximate surface area is 97.5 Å². The fourth-order valence-electron chi connectivity index (χ4n) is 2.30. The van der Waals surface area contributed by atoms with Crippen LogP contribution in [0.15, 0.2) is 11.8 Å². The molecule has 0 atom stereocenters. The van der Waals surface area contributed by atoms with E-state index in [2.05, 4.69) is 4.90 Å². The lowest BCUT2D eigenvalue weighted by molar-refractivity contribution is -0.127. The van der Waals surface area contributed by atoms with Gasteiger partial charge in [0, 0.05) is 19.0 Å². The second kappa shape index (κ2) is 4.58. The number of hydrogen-bond donors (Lipinski definition) is 0. The number of rotatable bonds is 3. The zero-order valence-corrected chi connectivity index (χ0v) is 10.3. The summed E-state index contributed by atoms with van der Waals surface area (Å²) in [6.07, 6.45) is 6.52. The van der Waals surface area contributed by atoms with Gasteiger partial charge in [0.05, 0.1) is 0 Å². The first-order valence-electron chi connectivity index (χ1n) is 6.24. The minimum absolute atomic E-state index is 0.0983. The van der Waals surface area contributed by atoms with Crippen LogP contribution in [0.3, 0.4) is 0 Å². The molecule has 90 valence electrons. The predicted octanol–water partition coefficient (Wildman–Crippen LogP) is 2.12. The van der Waals surface area contributed by atoms with E-state index in [1.165, 1.54) is 32.4 Å². The molecule has 2 heterocycles. The second-order valence-electron chi connectivity index (χ2n) is 5.24. The Hall–Kier alpha value is -0.830. The molecule has 0 unspecified atom stereocenters. The summed E-state index contributed by atoms with van der Waals surface area (Å²) in [5, 5.41) is 0. The van der Waals surface area contributed by atoms with Crippen molar-refractivity contribution in [1.82, 2.24) is 4.90 Å². The molecule has 3 heteroatoms. The molecule has 2 aliphatic heterocycles. The van der Waals surface area contributed by atoms with Crippen LogP contribution in [0.25, 0.3) is 0 Å². The molecule has 2 rings (SSSR count). The van der Waals surface area contributed by atoms with E-state index in [-0.39, 0.29) is 5.78 Å². The molecule has 1 saturated heterocycles. The normalized spacial score (nSPS) is 25.4. The minimum atomic E-state index is -0.628. The summed E-state index contributed by atoms with van der Waals surface area (Å²) in [7, 11) is 0. The zero-order valence-electron chi connectivity index (χ0n) is 10.3. The molecule has 16 heavy (non-hydrogen) atoms. The highest BCUT2D eigenvalue weighted by Gasteiger charge is 2.34. The highest BCUT2D eigenvalue weighted by Crippen LogP contribution is 2.26. The molecule has 0 radical (unpaired) electrons. The standard InChI is InChI=1S/C13H21NO2/c1-13(2)12(15)10-11(16-13)6-9-14-7-4-3-5-8-14/h10H,3-9H2,1-2H3. The monoisotopic (exact) mass is 223 g/mol. The van der Waals surface area contributed by atoms with Crippen LogP contribution in [-0.4, -0.2) is 35.9 Å². The molecule has 2 aliphatic rings. The molecule has 0 aromatic heterocycles. The Kier molecular flexibility index (Phi) is 3.33. The molecule has 0 bridgehead atoms. The fraction of sp³-hybridized carbons (Fsp3) is 0.769. The largest absolute Gasteiger partial charge is 0.484 e. The van der Waals surface area contributed by atoms with Gasteiger partial charge >= 0.3 is 0 Å². The van der Waals surface area contributed by atoms with E-state index < -0.39 is 5.60 Å². The number of piperidine rings is 1. The van der Waals surface area contributed by atoms with Crippen LogP contribution < -0.4 is 0 Å². The van der Waals surface area contributed by atoms with Crippen LogP contribution in [0.5, 0.6) is 0 Å². The fourth-order valence-corrected chi connectivity index (χ4v) is 2.30. The van der Waals surface area contributed by atoms with Gasteiger partial charge in [-0.25, -0.2) is 0 Å². The number of carbonyl (C=O) groups excluding carboxylic acids is 1. The van der Waals surface area contributed by atoms with Crippen LogP contribution in [0.2, 0.25) is 0 Å². The van der Waals surface area contributed by atoms with E-state index in [1.54, 1.807) is 6.08 Å². The third kappa shape index (κ3) is 2.64. The van der Waals surface area contributed by atoms with Crippen LogP contribution in [0.1, 0.15) is 39.5 Å². The maximum atomic E-state index is 11.5. The van der Waals surface area contributed by atoms with E-state index in [0.717, 1.165) is 18.7 Å². The van der Waals surface area contributed by atoms with Crippen LogP contribution in [0, 0.1) is 0 Å². The summed E-state index contributed by atoms with van der Waals surface area (Å²) >= 11 is 0. The summed E-state index contributed by atoms with van der Waals surface area (Å²) in [6, 6.07) is 0. The average molecular weight is 223 g/mol. The SMILES string of the molecule is CC1(C)OC(CCN2CCCCC2)=CC1=O. The topological polar surface area (TPSA) is 29.5 Å². The second-order valence-corrected chi connectivity index (χ2v) is 5.24. The molecular formula is C13H21NO2. The van der Waals surface area contributed by atoms with E-state index in [9.17, 15) is 4.79 Å². The van der Waals surface area contributed by atoms with Crippen molar-refractivity contribution >= 4 is 5.78 Å². The van der Waals surface area contributed by atoms with Crippen molar-refractivity contribution in [3.8, 4) is 0 Å². The Balaban J connectivity index is 1.79. The van der Waals surface area contributed by atoms with Crippen molar-refractivity contribution in [2.45, 2.75) is 45.1 Å². The maximum Gasteiger partial charge on any atom is 0.201 e. The Bertz CT molecular complexity index is 301. The third-order valence-electron chi connectivity index (χ3n) is 3.39. The van der Waals surface area contributed by atoms with Crippen LogP contribution in [0.4, 0.5) is 0 Å². The van der Waals surface area contributed by atoms with Gasteiger partial charge in [-0.3, -0.25) is 4.79 Å². The van der Waals surface area contributed by atoms with Crippen LogP contribution >= 0.6 is 0 Å². The third-order valence-corrected chi connectivity index (χ3v) is 3.39. The lowest BCUT2D eigenvalue weighted by Gasteiger charge is -2.26. The minimum Gasteiger partial charge on any atom is -0.484 e. The molecule has 0 saturated carbocycles. The van der Waals surface area contributed by atoms with Crippen LogP contribution in [-0.2, 0) is 9.53 Å². The van der Waals surface area contributed by atoms with Crippen molar-refractivity contribution in [2.75, 3.05) is 19.6 Å². The molecule has 0 N–H and O–H groups in total. The van der Waals surface area contributed by atoms with Gasteiger partial charge in [-0.2, -0.15) is 0 Å². The first-order chi connectivity index (χ1) is 7.58. The maximum absolute atomic E-state index is 11.5. The Morgan fingerprint density at radius 2 is 2.00 bits per heavy atom. The number of nitrogens with zero attached hydrogens (tertiary/aromatic N) is 1. The van der Waals surface area contributed by atoms with Gasteiger partial charge in [-0.15, -0.1) is 0 Å². The molecule has 0 aromatic carbocycles.